The summed E-state index contributed by atoms with van der Waals surface area (Å²) in [4.78, 5) is 8.32. The van der Waals surface area contributed by atoms with Crippen LogP contribution in [-0.2, 0) is 0 Å². The van der Waals surface area contributed by atoms with E-state index in [9.17, 15) is 0 Å². The monoisotopic (exact) mass is 294 g/mol. The van der Waals surface area contributed by atoms with Gasteiger partial charge in [0.2, 0.25) is 5.89 Å². The van der Waals surface area contributed by atoms with Crippen molar-refractivity contribution in [3.05, 3.63) is 40.6 Å². The molecule has 96 valence electrons. The Balaban J connectivity index is 2.16. The van der Waals surface area contributed by atoms with Crippen LogP contribution >= 0.6 is 23.2 Å². The SMILES string of the molecule is COc1c(Cl)cc(-c2nc3cnccc3o2)cc1Cl. The molecule has 0 saturated heterocycles. The first kappa shape index (κ1) is 12.3. The zero-order valence-corrected chi connectivity index (χ0v) is 11.4. The average molecular weight is 295 g/mol. The van der Waals surface area contributed by atoms with Gasteiger partial charge in [-0.2, -0.15) is 0 Å². The second kappa shape index (κ2) is 4.72. The molecule has 19 heavy (non-hydrogen) atoms. The van der Waals surface area contributed by atoms with Crippen LogP contribution in [0.1, 0.15) is 0 Å². The molecule has 0 aliphatic heterocycles. The number of hydrogen-bond acceptors (Lipinski definition) is 4. The molecule has 0 unspecified atom stereocenters. The van der Waals surface area contributed by atoms with Gasteiger partial charge in [-0.3, -0.25) is 4.98 Å². The first-order valence-electron chi connectivity index (χ1n) is 5.43. The Morgan fingerprint density at radius 1 is 1.21 bits per heavy atom. The molecule has 0 N–H and O–H groups in total. The van der Waals surface area contributed by atoms with Crippen LogP contribution in [-0.4, -0.2) is 17.1 Å². The molecular weight excluding hydrogens is 287 g/mol. The van der Waals surface area contributed by atoms with Crippen molar-refractivity contribution < 1.29 is 9.15 Å². The molecular formula is C13H8Cl2N2O2. The third kappa shape index (κ3) is 2.13. The van der Waals surface area contributed by atoms with E-state index in [0.717, 1.165) is 0 Å². The first-order chi connectivity index (χ1) is 9.19. The standard InChI is InChI=1S/C13H8Cl2N2O2/c1-18-12-8(14)4-7(5-9(12)15)13-17-10-6-16-3-2-11(10)19-13/h2-6H,1H3. The van der Waals surface area contributed by atoms with Crippen LogP contribution in [0.4, 0.5) is 0 Å². The topological polar surface area (TPSA) is 48.2 Å². The predicted molar refractivity (Wildman–Crippen MR) is 73.8 cm³/mol. The number of benzene rings is 1. The smallest absolute Gasteiger partial charge is 0.227 e. The van der Waals surface area contributed by atoms with Crippen molar-refractivity contribution >= 4 is 34.3 Å². The van der Waals surface area contributed by atoms with E-state index in [1.165, 1.54) is 7.11 Å². The maximum absolute atomic E-state index is 6.09. The molecule has 0 aliphatic carbocycles. The number of rotatable bonds is 2. The average Bonchev–Trinajstić information content (AvgIpc) is 2.82. The highest BCUT2D eigenvalue weighted by Crippen LogP contribution is 2.37. The van der Waals surface area contributed by atoms with Crippen LogP contribution in [0.3, 0.4) is 0 Å². The predicted octanol–water partition coefficient (Wildman–Crippen LogP) is 4.21. The molecule has 1 aromatic carbocycles. The maximum Gasteiger partial charge on any atom is 0.227 e. The highest BCUT2D eigenvalue weighted by atomic mass is 35.5. The Morgan fingerprint density at radius 2 is 1.95 bits per heavy atom. The van der Waals surface area contributed by atoms with Crippen LogP contribution in [0.5, 0.6) is 5.75 Å². The van der Waals surface area contributed by atoms with Gasteiger partial charge in [-0.05, 0) is 12.1 Å². The van der Waals surface area contributed by atoms with Crippen LogP contribution in [0.15, 0.2) is 35.0 Å². The first-order valence-corrected chi connectivity index (χ1v) is 6.18. The molecule has 0 bridgehead atoms. The Kier molecular flexibility index (Phi) is 3.05. The van der Waals surface area contributed by atoms with Gasteiger partial charge >= 0.3 is 0 Å². The zero-order chi connectivity index (χ0) is 13.4. The van der Waals surface area contributed by atoms with Gasteiger partial charge in [-0.15, -0.1) is 0 Å². The highest BCUT2D eigenvalue weighted by molar-refractivity contribution is 6.37. The summed E-state index contributed by atoms with van der Waals surface area (Å²) in [6.07, 6.45) is 3.28. The Hall–Kier alpha value is -1.78. The summed E-state index contributed by atoms with van der Waals surface area (Å²) >= 11 is 12.2. The molecule has 3 rings (SSSR count). The second-order valence-corrected chi connectivity index (χ2v) is 4.65. The summed E-state index contributed by atoms with van der Waals surface area (Å²) in [7, 11) is 1.51. The number of aromatic nitrogens is 2. The summed E-state index contributed by atoms with van der Waals surface area (Å²) < 4.78 is 10.7. The zero-order valence-electron chi connectivity index (χ0n) is 9.85. The highest BCUT2D eigenvalue weighted by Gasteiger charge is 2.14. The van der Waals surface area contributed by atoms with Gasteiger partial charge in [0.15, 0.2) is 11.3 Å². The van der Waals surface area contributed by atoms with Crippen LogP contribution < -0.4 is 4.74 Å². The number of ether oxygens (including phenoxy) is 1. The lowest BCUT2D eigenvalue weighted by Gasteiger charge is -2.06. The minimum atomic E-state index is 0.408. The molecule has 0 radical (unpaired) electrons. The molecule has 0 aliphatic rings. The summed E-state index contributed by atoms with van der Waals surface area (Å²) in [5, 5.41) is 0.816. The van der Waals surface area contributed by atoms with Gasteiger partial charge in [0.25, 0.3) is 0 Å². The second-order valence-electron chi connectivity index (χ2n) is 3.84. The number of methoxy groups -OCH3 is 1. The van der Waals surface area contributed by atoms with E-state index in [4.69, 9.17) is 32.4 Å². The summed E-state index contributed by atoms with van der Waals surface area (Å²) in [5.74, 6) is 0.874. The lowest BCUT2D eigenvalue weighted by Crippen LogP contribution is -1.87. The fraction of sp³-hybridized carbons (Fsp3) is 0.0769. The van der Waals surface area contributed by atoms with Crippen molar-refractivity contribution in [2.75, 3.05) is 7.11 Å². The summed E-state index contributed by atoms with van der Waals surface area (Å²) in [6, 6.07) is 5.15. The molecule has 0 atom stereocenters. The van der Waals surface area contributed by atoms with E-state index in [2.05, 4.69) is 9.97 Å². The van der Waals surface area contributed by atoms with E-state index >= 15 is 0 Å². The minimum absolute atomic E-state index is 0.408. The van der Waals surface area contributed by atoms with Gasteiger partial charge in [-0.1, -0.05) is 23.2 Å². The van der Waals surface area contributed by atoms with Gasteiger partial charge < -0.3 is 9.15 Å². The van der Waals surface area contributed by atoms with E-state index in [0.29, 0.717) is 38.3 Å². The van der Waals surface area contributed by atoms with Crippen LogP contribution in [0.2, 0.25) is 10.0 Å². The van der Waals surface area contributed by atoms with Crippen LogP contribution in [0, 0.1) is 0 Å². The molecule has 6 heteroatoms. The number of fused-ring (bicyclic) bond motifs is 1. The van der Waals surface area contributed by atoms with Gasteiger partial charge in [0, 0.05) is 17.8 Å². The van der Waals surface area contributed by atoms with E-state index in [-0.39, 0.29) is 0 Å². The number of pyridine rings is 1. The van der Waals surface area contributed by atoms with Crippen molar-refractivity contribution in [1.82, 2.24) is 9.97 Å². The van der Waals surface area contributed by atoms with Gasteiger partial charge in [-0.25, -0.2) is 4.98 Å². The fourth-order valence-corrected chi connectivity index (χ4v) is 2.42. The van der Waals surface area contributed by atoms with E-state index in [1.807, 2.05) is 0 Å². The maximum atomic E-state index is 6.09. The van der Waals surface area contributed by atoms with E-state index < -0.39 is 0 Å². The largest absolute Gasteiger partial charge is 0.494 e. The van der Waals surface area contributed by atoms with E-state index in [1.54, 1.807) is 30.6 Å². The molecule has 2 aromatic heterocycles. The van der Waals surface area contributed by atoms with Crippen molar-refractivity contribution in [2.24, 2.45) is 0 Å². The minimum Gasteiger partial charge on any atom is -0.494 e. The molecule has 0 spiro atoms. The molecule has 0 amide bonds. The van der Waals surface area contributed by atoms with Crippen molar-refractivity contribution in [3.8, 4) is 17.2 Å². The lowest BCUT2D eigenvalue weighted by molar-refractivity contribution is 0.415. The molecule has 2 heterocycles. The molecule has 0 saturated carbocycles. The Morgan fingerprint density at radius 3 is 2.58 bits per heavy atom. The van der Waals surface area contributed by atoms with Crippen molar-refractivity contribution in [2.45, 2.75) is 0 Å². The fourth-order valence-electron chi connectivity index (χ4n) is 1.78. The third-order valence-corrected chi connectivity index (χ3v) is 3.20. The van der Waals surface area contributed by atoms with Crippen molar-refractivity contribution in [3.63, 3.8) is 0 Å². The summed E-state index contributed by atoms with van der Waals surface area (Å²) in [6.45, 7) is 0. The third-order valence-electron chi connectivity index (χ3n) is 2.64. The normalized spacial score (nSPS) is 10.9. The number of nitrogens with zero attached hydrogens (tertiary/aromatic N) is 2. The summed E-state index contributed by atoms with van der Waals surface area (Å²) in [5.41, 5.74) is 2.03. The molecule has 3 aromatic rings. The Bertz CT molecular complexity index is 699. The van der Waals surface area contributed by atoms with Gasteiger partial charge in [0.05, 0.1) is 23.4 Å². The quantitative estimate of drug-likeness (QED) is 0.710. The van der Waals surface area contributed by atoms with Gasteiger partial charge in [0.1, 0.15) is 5.52 Å². The Labute approximate surface area is 118 Å². The van der Waals surface area contributed by atoms with Crippen molar-refractivity contribution in [1.29, 1.82) is 0 Å². The number of hydrogen-bond donors (Lipinski definition) is 0. The lowest BCUT2D eigenvalue weighted by atomic mass is 10.2. The number of oxazole rings is 1. The molecule has 0 fully saturated rings. The molecule has 4 nitrogen and oxygen atoms in total. The van der Waals surface area contributed by atoms with Crippen LogP contribution in [0.25, 0.3) is 22.6 Å². The number of halogens is 2.